The van der Waals surface area contributed by atoms with Gasteiger partial charge >= 0.3 is 6.09 Å². The average Bonchev–Trinajstić information content (AvgIpc) is 2.59. The third kappa shape index (κ3) is 4.92. The molecule has 0 aliphatic heterocycles. The molecular weight excluding hydrogens is 294 g/mol. The molecule has 5 heteroatoms. The lowest BCUT2D eigenvalue weighted by Crippen LogP contribution is -2.14. The van der Waals surface area contributed by atoms with Crippen molar-refractivity contribution >= 4 is 11.8 Å². The van der Waals surface area contributed by atoms with E-state index in [4.69, 9.17) is 14.2 Å². The van der Waals surface area contributed by atoms with Crippen LogP contribution in [0.5, 0.6) is 11.5 Å². The number of amides is 1. The maximum Gasteiger partial charge on any atom is 0.411 e. The predicted molar refractivity (Wildman–Crippen MR) is 89.3 cm³/mol. The smallest absolute Gasteiger partial charge is 0.411 e. The molecule has 2 rings (SSSR count). The molecule has 23 heavy (non-hydrogen) atoms. The van der Waals surface area contributed by atoms with Gasteiger partial charge in [-0.05, 0) is 36.6 Å². The number of carbonyl (C=O) groups is 1. The Hall–Kier alpha value is -2.69. The van der Waals surface area contributed by atoms with Gasteiger partial charge in [-0.2, -0.15) is 0 Å². The number of anilines is 1. The van der Waals surface area contributed by atoms with Crippen LogP contribution in [0, 0.1) is 0 Å². The summed E-state index contributed by atoms with van der Waals surface area (Å²) in [5.74, 6) is 1.43. The zero-order valence-corrected chi connectivity index (χ0v) is 13.4. The standard InChI is InChI=1S/C18H21NO4/c1-21-16-12-6-8-14(17(16)22-2)9-7-13-23-18(20)19-15-10-4-3-5-11-15/h3-6,8,10-12H,7,9,13H2,1-2H3,(H,19,20). The van der Waals surface area contributed by atoms with Gasteiger partial charge < -0.3 is 14.2 Å². The van der Waals surface area contributed by atoms with Gasteiger partial charge in [0.15, 0.2) is 11.5 Å². The lowest BCUT2D eigenvalue weighted by atomic mass is 10.1. The van der Waals surface area contributed by atoms with E-state index in [2.05, 4.69) is 5.32 Å². The number of carbonyl (C=O) groups excluding carboxylic acids is 1. The summed E-state index contributed by atoms with van der Waals surface area (Å²) in [7, 11) is 3.23. The van der Waals surface area contributed by atoms with Crippen LogP contribution in [0.4, 0.5) is 10.5 Å². The molecule has 5 nitrogen and oxygen atoms in total. The number of nitrogens with one attached hydrogen (secondary N) is 1. The van der Waals surface area contributed by atoms with E-state index in [0.29, 0.717) is 24.5 Å². The Bertz CT molecular complexity index is 628. The Balaban J connectivity index is 1.78. The molecule has 0 bridgehead atoms. The number of hydrogen-bond donors (Lipinski definition) is 1. The number of methoxy groups -OCH3 is 2. The van der Waals surface area contributed by atoms with Gasteiger partial charge in [0.1, 0.15) is 0 Å². The summed E-state index contributed by atoms with van der Waals surface area (Å²) in [6.45, 7) is 0.332. The quantitative estimate of drug-likeness (QED) is 0.788. The summed E-state index contributed by atoms with van der Waals surface area (Å²) in [6.07, 6.45) is 0.985. The molecule has 1 N–H and O–H groups in total. The normalized spacial score (nSPS) is 10.0. The van der Waals surface area contributed by atoms with Gasteiger partial charge in [-0.25, -0.2) is 4.79 Å². The van der Waals surface area contributed by atoms with E-state index in [0.717, 1.165) is 17.7 Å². The first-order valence-corrected chi connectivity index (χ1v) is 7.43. The minimum Gasteiger partial charge on any atom is -0.493 e. The van der Waals surface area contributed by atoms with Crippen LogP contribution in [0.2, 0.25) is 0 Å². The van der Waals surface area contributed by atoms with Crippen molar-refractivity contribution in [1.82, 2.24) is 0 Å². The minimum atomic E-state index is -0.450. The maximum atomic E-state index is 11.7. The van der Waals surface area contributed by atoms with Gasteiger partial charge in [-0.3, -0.25) is 5.32 Å². The van der Waals surface area contributed by atoms with Crippen LogP contribution in [-0.2, 0) is 11.2 Å². The van der Waals surface area contributed by atoms with Gasteiger partial charge in [0.25, 0.3) is 0 Å². The lowest BCUT2D eigenvalue weighted by Gasteiger charge is -2.12. The molecule has 0 unspecified atom stereocenters. The molecule has 0 atom stereocenters. The summed E-state index contributed by atoms with van der Waals surface area (Å²) in [5.41, 5.74) is 1.74. The van der Waals surface area contributed by atoms with E-state index in [9.17, 15) is 4.79 Å². The molecule has 0 aliphatic rings. The molecule has 0 saturated heterocycles. The fourth-order valence-corrected chi connectivity index (χ4v) is 2.25. The summed E-state index contributed by atoms with van der Waals surface area (Å²) < 4.78 is 15.8. The highest BCUT2D eigenvalue weighted by Gasteiger charge is 2.09. The summed E-state index contributed by atoms with van der Waals surface area (Å²) in [4.78, 5) is 11.7. The second-order valence-electron chi connectivity index (χ2n) is 4.88. The molecule has 2 aromatic carbocycles. The van der Waals surface area contributed by atoms with Crippen LogP contribution in [0.25, 0.3) is 0 Å². The average molecular weight is 315 g/mol. The van der Waals surface area contributed by atoms with Crippen molar-refractivity contribution in [3.63, 3.8) is 0 Å². The number of para-hydroxylation sites is 2. The molecule has 0 radical (unpaired) electrons. The topological polar surface area (TPSA) is 56.8 Å². The first kappa shape index (κ1) is 16.7. The SMILES string of the molecule is COc1cccc(CCCOC(=O)Nc2ccccc2)c1OC. The Morgan fingerprint density at radius 2 is 1.78 bits per heavy atom. The fraction of sp³-hybridized carbons (Fsp3) is 0.278. The molecule has 0 aliphatic carbocycles. The molecule has 0 spiro atoms. The maximum absolute atomic E-state index is 11.7. The van der Waals surface area contributed by atoms with Crippen molar-refractivity contribution in [2.45, 2.75) is 12.8 Å². The number of aryl methyl sites for hydroxylation is 1. The van der Waals surface area contributed by atoms with E-state index in [1.807, 2.05) is 48.5 Å². The number of rotatable bonds is 7. The van der Waals surface area contributed by atoms with Crippen LogP contribution in [0.3, 0.4) is 0 Å². The third-order valence-corrected chi connectivity index (χ3v) is 3.33. The van der Waals surface area contributed by atoms with Crippen molar-refractivity contribution in [3.05, 3.63) is 54.1 Å². The van der Waals surface area contributed by atoms with Gasteiger partial charge in [0.2, 0.25) is 0 Å². The molecule has 1 amide bonds. The van der Waals surface area contributed by atoms with Crippen LogP contribution < -0.4 is 14.8 Å². The number of benzene rings is 2. The molecule has 122 valence electrons. The molecule has 0 aromatic heterocycles. The van der Waals surface area contributed by atoms with Gasteiger partial charge in [0.05, 0.1) is 20.8 Å². The molecule has 2 aromatic rings. The zero-order valence-electron chi connectivity index (χ0n) is 13.4. The lowest BCUT2D eigenvalue weighted by molar-refractivity contribution is 0.160. The van der Waals surface area contributed by atoms with E-state index >= 15 is 0 Å². The Kier molecular flexibility index (Phi) is 6.29. The number of ether oxygens (including phenoxy) is 3. The minimum absolute atomic E-state index is 0.332. The molecular formula is C18H21NO4. The van der Waals surface area contributed by atoms with E-state index in [-0.39, 0.29) is 0 Å². The Morgan fingerprint density at radius 3 is 2.48 bits per heavy atom. The predicted octanol–water partition coefficient (Wildman–Crippen LogP) is 3.89. The van der Waals surface area contributed by atoms with Gasteiger partial charge in [-0.1, -0.05) is 30.3 Å². The highest BCUT2D eigenvalue weighted by molar-refractivity contribution is 5.84. The summed E-state index contributed by atoms with van der Waals surface area (Å²) >= 11 is 0. The summed E-state index contributed by atoms with van der Waals surface area (Å²) in [5, 5.41) is 2.68. The summed E-state index contributed by atoms with van der Waals surface area (Å²) in [6, 6.07) is 15.0. The fourth-order valence-electron chi connectivity index (χ4n) is 2.25. The first-order valence-electron chi connectivity index (χ1n) is 7.43. The van der Waals surface area contributed by atoms with E-state index in [1.165, 1.54) is 0 Å². The highest BCUT2D eigenvalue weighted by Crippen LogP contribution is 2.31. The van der Waals surface area contributed by atoms with Crippen LogP contribution in [-0.4, -0.2) is 26.9 Å². The monoisotopic (exact) mass is 315 g/mol. The molecule has 0 heterocycles. The van der Waals surface area contributed by atoms with Crippen LogP contribution >= 0.6 is 0 Å². The highest BCUT2D eigenvalue weighted by atomic mass is 16.5. The van der Waals surface area contributed by atoms with Crippen molar-refractivity contribution in [2.75, 3.05) is 26.1 Å². The van der Waals surface area contributed by atoms with Crippen molar-refractivity contribution in [2.24, 2.45) is 0 Å². The second-order valence-corrected chi connectivity index (χ2v) is 4.88. The second kappa shape index (κ2) is 8.68. The molecule has 0 saturated carbocycles. The Morgan fingerprint density at radius 1 is 1.00 bits per heavy atom. The van der Waals surface area contributed by atoms with Crippen LogP contribution in [0.1, 0.15) is 12.0 Å². The Labute approximate surface area is 136 Å². The van der Waals surface area contributed by atoms with Gasteiger partial charge in [-0.15, -0.1) is 0 Å². The third-order valence-electron chi connectivity index (χ3n) is 3.33. The number of hydrogen-bond acceptors (Lipinski definition) is 4. The van der Waals surface area contributed by atoms with E-state index < -0.39 is 6.09 Å². The van der Waals surface area contributed by atoms with Crippen molar-refractivity contribution < 1.29 is 19.0 Å². The van der Waals surface area contributed by atoms with Crippen molar-refractivity contribution in [1.29, 1.82) is 0 Å². The first-order chi connectivity index (χ1) is 11.2. The van der Waals surface area contributed by atoms with E-state index in [1.54, 1.807) is 14.2 Å². The largest absolute Gasteiger partial charge is 0.493 e. The van der Waals surface area contributed by atoms with Crippen LogP contribution in [0.15, 0.2) is 48.5 Å². The zero-order chi connectivity index (χ0) is 16.5. The molecule has 0 fully saturated rings. The van der Waals surface area contributed by atoms with Crippen molar-refractivity contribution in [3.8, 4) is 11.5 Å². The van der Waals surface area contributed by atoms with Gasteiger partial charge in [0, 0.05) is 5.69 Å².